The molecule has 0 aromatic heterocycles. The first-order valence-corrected chi connectivity index (χ1v) is 8.44. The Balaban J connectivity index is 1.69. The molecule has 23 heavy (non-hydrogen) atoms. The average Bonchev–Trinajstić information content (AvgIpc) is 3.36. The van der Waals surface area contributed by atoms with E-state index in [0.717, 1.165) is 11.8 Å². The van der Waals surface area contributed by atoms with Gasteiger partial charge in [-0.3, -0.25) is 0 Å². The fourth-order valence-electron chi connectivity index (χ4n) is 4.26. The summed E-state index contributed by atoms with van der Waals surface area (Å²) < 4.78 is 0. The quantitative estimate of drug-likeness (QED) is 0.335. The number of rotatable bonds is 0. The molecule has 0 heteroatoms. The van der Waals surface area contributed by atoms with Gasteiger partial charge >= 0.3 is 0 Å². The van der Waals surface area contributed by atoms with E-state index in [2.05, 4.69) is 72.8 Å². The minimum atomic E-state index is 0.784. The third kappa shape index (κ3) is 1.66. The second-order valence-electron chi connectivity index (χ2n) is 7.09. The molecule has 0 aliphatic heterocycles. The van der Waals surface area contributed by atoms with Gasteiger partial charge in [-0.15, -0.1) is 0 Å². The summed E-state index contributed by atoms with van der Waals surface area (Å²) in [5.74, 6) is 1.59. The predicted molar refractivity (Wildman–Crippen MR) is 98.8 cm³/mol. The Morgan fingerprint density at radius 3 is 2.00 bits per heavy atom. The molecule has 2 unspecified atom stereocenters. The molecule has 4 aromatic carbocycles. The SMILES string of the molecule is C1=CC2CC2c2cc3cc4cc5ccccc5cc4cc3cc21. The Hall–Kier alpha value is -2.60. The Bertz CT molecular complexity index is 1150. The number of allylic oxidation sites excluding steroid dienone is 1. The van der Waals surface area contributed by atoms with Gasteiger partial charge in [0.15, 0.2) is 0 Å². The van der Waals surface area contributed by atoms with Crippen molar-refractivity contribution in [3.8, 4) is 0 Å². The lowest BCUT2D eigenvalue weighted by Gasteiger charge is -2.13. The van der Waals surface area contributed by atoms with Gasteiger partial charge in [-0.05, 0) is 92.0 Å². The van der Waals surface area contributed by atoms with Crippen molar-refractivity contribution in [2.75, 3.05) is 0 Å². The van der Waals surface area contributed by atoms with E-state index in [1.807, 2.05) is 0 Å². The summed E-state index contributed by atoms with van der Waals surface area (Å²) >= 11 is 0. The molecule has 0 nitrogen and oxygen atoms in total. The summed E-state index contributed by atoms with van der Waals surface area (Å²) in [4.78, 5) is 0. The van der Waals surface area contributed by atoms with E-state index in [1.165, 1.54) is 44.3 Å². The molecule has 2 atom stereocenters. The van der Waals surface area contributed by atoms with Crippen LogP contribution in [0.3, 0.4) is 0 Å². The molecule has 0 bridgehead atoms. The summed E-state index contributed by atoms with van der Waals surface area (Å²) in [6, 6.07) is 22.8. The number of hydrogen-bond acceptors (Lipinski definition) is 0. The van der Waals surface area contributed by atoms with Crippen LogP contribution in [0.15, 0.2) is 66.7 Å². The fourth-order valence-corrected chi connectivity index (χ4v) is 4.26. The van der Waals surface area contributed by atoms with Crippen molar-refractivity contribution >= 4 is 38.4 Å². The normalized spacial score (nSPS) is 21.6. The number of fused-ring (bicyclic) bond motifs is 6. The Labute approximate surface area is 135 Å². The lowest BCUT2D eigenvalue weighted by Crippen LogP contribution is -1.93. The Kier molecular flexibility index (Phi) is 2.08. The van der Waals surface area contributed by atoms with Crippen molar-refractivity contribution in [3.63, 3.8) is 0 Å². The van der Waals surface area contributed by atoms with E-state index in [9.17, 15) is 0 Å². The van der Waals surface area contributed by atoms with Gasteiger partial charge in [0, 0.05) is 0 Å². The maximum absolute atomic E-state index is 2.44. The van der Waals surface area contributed by atoms with Crippen molar-refractivity contribution in [1.29, 1.82) is 0 Å². The Morgan fingerprint density at radius 1 is 0.652 bits per heavy atom. The number of hydrogen-bond donors (Lipinski definition) is 0. The zero-order chi connectivity index (χ0) is 15.0. The largest absolute Gasteiger partial charge is 0.0802 e. The van der Waals surface area contributed by atoms with Crippen LogP contribution >= 0.6 is 0 Å². The van der Waals surface area contributed by atoms with Crippen LogP contribution in [0.5, 0.6) is 0 Å². The standard InChI is InChI=1S/C23H16/c1-2-4-15-8-19-11-21-13-23-16(5-6-17-12-22(17)23)9-20(21)10-18(19)7-14(15)3-1/h1-11,13,17,22H,12H2. The van der Waals surface area contributed by atoms with Crippen LogP contribution in [0.4, 0.5) is 0 Å². The molecular formula is C23H16. The monoisotopic (exact) mass is 292 g/mol. The smallest absolute Gasteiger partial charge is 0.00867 e. The maximum atomic E-state index is 2.44. The summed E-state index contributed by atoms with van der Waals surface area (Å²) in [5.41, 5.74) is 2.99. The summed E-state index contributed by atoms with van der Waals surface area (Å²) in [7, 11) is 0. The Morgan fingerprint density at radius 2 is 1.26 bits per heavy atom. The molecule has 1 saturated carbocycles. The minimum Gasteiger partial charge on any atom is -0.0802 e. The van der Waals surface area contributed by atoms with Crippen LogP contribution in [-0.2, 0) is 0 Å². The molecule has 0 heterocycles. The molecule has 0 amide bonds. The first-order valence-electron chi connectivity index (χ1n) is 8.44. The molecule has 0 spiro atoms. The van der Waals surface area contributed by atoms with Crippen molar-refractivity contribution in [2.24, 2.45) is 5.92 Å². The van der Waals surface area contributed by atoms with Crippen LogP contribution in [0.2, 0.25) is 0 Å². The van der Waals surface area contributed by atoms with Gasteiger partial charge < -0.3 is 0 Å². The van der Waals surface area contributed by atoms with E-state index < -0.39 is 0 Å². The molecule has 0 N–H and O–H groups in total. The van der Waals surface area contributed by atoms with Crippen molar-refractivity contribution in [2.45, 2.75) is 12.3 Å². The van der Waals surface area contributed by atoms with Crippen LogP contribution in [0, 0.1) is 5.92 Å². The van der Waals surface area contributed by atoms with Gasteiger partial charge in [-0.1, -0.05) is 42.5 Å². The van der Waals surface area contributed by atoms with Gasteiger partial charge in [0.05, 0.1) is 0 Å². The maximum Gasteiger partial charge on any atom is -0.00867 e. The first-order chi connectivity index (χ1) is 11.3. The van der Waals surface area contributed by atoms with Gasteiger partial charge in [-0.25, -0.2) is 0 Å². The predicted octanol–water partition coefficient (Wildman–Crippen LogP) is 6.28. The highest BCUT2D eigenvalue weighted by Crippen LogP contribution is 2.53. The van der Waals surface area contributed by atoms with Gasteiger partial charge in [-0.2, -0.15) is 0 Å². The zero-order valence-electron chi connectivity index (χ0n) is 12.8. The zero-order valence-corrected chi connectivity index (χ0v) is 12.8. The summed E-state index contributed by atoms with van der Waals surface area (Å²) in [5, 5.41) is 8.05. The molecule has 4 aromatic rings. The van der Waals surface area contributed by atoms with Gasteiger partial charge in [0.25, 0.3) is 0 Å². The molecule has 2 aliphatic carbocycles. The van der Waals surface area contributed by atoms with Crippen molar-refractivity contribution < 1.29 is 0 Å². The highest BCUT2D eigenvalue weighted by Gasteiger charge is 2.39. The van der Waals surface area contributed by atoms with E-state index in [1.54, 1.807) is 5.56 Å². The molecule has 108 valence electrons. The lowest BCUT2D eigenvalue weighted by molar-refractivity contribution is 0.999. The van der Waals surface area contributed by atoms with Gasteiger partial charge in [0.2, 0.25) is 0 Å². The molecule has 0 saturated heterocycles. The molecular weight excluding hydrogens is 276 g/mol. The lowest BCUT2D eigenvalue weighted by atomic mass is 9.92. The fraction of sp³-hybridized carbons (Fsp3) is 0.130. The number of benzene rings is 4. The molecule has 0 radical (unpaired) electrons. The minimum absolute atomic E-state index is 0.784. The second-order valence-corrected chi connectivity index (χ2v) is 7.09. The van der Waals surface area contributed by atoms with E-state index in [-0.39, 0.29) is 0 Å². The van der Waals surface area contributed by atoms with E-state index >= 15 is 0 Å². The van der Waals surface area contributed by atoms with E-state index in [0.29, 0.717) is 0 Å². The summed E-state index contributed by atoms with van der Waals surface area (Å²) in [6.07, 6.45) is 6.06. The second kappa shape index (κ2) is 4.02. The molecule has 2 aliphatic rings. The molecule has 1 fully saturated rings. The highest BCUT2D eigenvalue weighted by atomic mass is 14.4. The average molecular weight is 292 g/mol. The van der Waals surface area contributed by atoms with Crippen LogP contribution in [0.1, 0.15) is 23.5 Å². The van der Waals surface area contributed by atoms with Crippen LogP contribution in [-0.4, -0.2) is 0 Å². The molecule has 6 rings (SSSR count). The summed E-state index contributed by atoms with van der Waals surface area (Å²) in [6.45, 7) is 0. The highest BCUT2D eigenvalue weighted by molar-refractivity contribution is 6.05. The topological polar surface area (TPSA) is 0 Å². The van der Waals surface area contributed by atoms with Crippen LogP contribution < -0.4 is 0 Å². The first kappa shape index (κ1) is 11.9. The van der Waals surface area contributed by atoms with E-state index in [4.69, 9.17) is 0 Å². The third-order valence-electron chi connectivity index (χ3n) is 5.62. The van der Waals surface area contributed by atoms with Crippen LogP contribution in [0.25, 0.3) is 38.4 Å². The third-order valence-corrected chi connectivity index (χ3v) is 5.62. The van der Waals surface area contributed by atoms with Crippen molar-refractivity contribution in [1.82, 2.24) is 0 Å². The van der Waals surface area contributed by atoms with Gasteiger partial charge in [0.1, 0.15) is 0 Å². The van der Waals surface area contributed by atoms with Crippen molar-refractivity contribution in [3.05, 3.63) is 77.9 Å².